The number of aromatic nitrogens is 5. The third-order valence-corrected chi connectivity index (χ3v) is 7.81. The monoisotopic (exact) mass is 483 g/mol. The minimum absolute atomic E-state index is 0.0678. The van der Waals surface area contributed by atoms with Gasteiger partial charge in [-0.05, 0) is 65.4 Å². The second kappa shape index (κ2) is 9.85. The first-order chi connectivity index (χ1) is 17.7. The normalized spacial score (nSPS) is 18.5. The number of piperazine rings is 1. The number of aromatic amines is 1. The Bertz CT molecular complexity index is 1380. The van der Waals surface area contributed by atoms with E-state index in [9.17, 15) is 4.79 Å². The van der Waals surface area contributed by atoms with Crippen molar-refractivity contribution in [1.29, 1.82) is 0 Å². The maximum absolute atomic E-state index is 13.5. The van der Waals surface area contributed by atoms with E-state index in [1.165, 1.54) is 24.9 Å². The smallest absolute Gasteiger partial charge is 0.253 e. The Morgan fingerprint density at radius 1 is 0.944 bits per heavy atom. The number of aryl methyl sites for hydroxylation is 1. The summed E-state index contributed by atoms with van der Waals surface area (Å²) in [5, 5.41) is 14.1. The molecule has 0 unspecified atom stereocenters. The van der Waals surface area contributed by atoms with Crippen LogP contribution in [0.15, 0.2) is 59.4 Å². The number of rotatable bonds is 5. The molecule has 1 N–H and O–H groups in total. The molecule has 8 heteroatoms. The summed E-state index contributed by atoms with van der Waals surface area (Å²) >= 11 is 0. The SMILES string of the molecule is Cc1ccc2cc([C@H](c3nnnn3C3CCCCC3)N3CCN(c4ccccc4)CC3)c(=O)[nH]c2c1. The Hall–Kier alpha value is -3.52. The molecule has 1 atom stereocenters. The molecule has 1 saturated heterocycles. The van der Waals surface area contributed by atoms with Crippen LogP contribution in [0.2, 0.25) is 0 Å². The van der Waals surface area contributed by atoms with Crippen LogP contribution in [0.3, 0.4) is 0 Å². The molecule has 0 spiro atoms. The standard InChI is InChI=1S/C28H33N7O/c1-20-12-13-21-19-24(28(36)29-25(21)18-20)26(27-30-31-32-35(27)23-10-6-3-7-11-23)34-16-14-33(15-17-34)22-8-4-2-5-9-22/h2,4-5,8-9,12-13,18-19,23,26H,3,6-7,10-11,14-17H2,1H3,(H,29,36)/t26-/m1/s1. The fraction of sp³-hybridized carbons (Fsp3) is 0.429. The lowest BCUT2D eigenvalue weighted by Crippen LogP contribution is -2.49. The summed E-state index contributed by atoms with van der Waals surface area (Å²) in [5.74, 6) is 0.784. The molecule has 8 nitrogen and oxygen atoms in total. The van der Waals surface area contributed by atoms with Crippen molar-refractivity contribution >= 4 is 16.6 Å². The number of hydrogen-bond acceptors (Lipinski definition) is 6. The van der Waals surface area contributed by atoms with Crippen LogP contribution in [0.25, 0.3) is 10.9 Å². The minimum atomic E-state index is -0.297. The Kier molecular flexibility index (Phi) is 6.27. The number of para-hydroxylation sites is 1. The van der Waals surface area contributed by atoms with Crippen LogP contribution in [0.1, 0.15) is 61.1 Å². The fourth-order valence-corrected chi connectivity index (χ4v) is 5.88. The van der Waals surface area contributed by atoms with E-state index < -0.39 is 0 Å². The van der Waals surface area contributed by atoms with E-state index in [1.54, 1.807) is 0 Å². The first kappa shape index (κ1) is 22.9. The van der Waals surface area contributed by atoms with Crippen molar-refractivity contribution in [1.82, 2.24) is 30.1 Å². The summed E-state index contributed by atoms with van der Waals surface area (Å²) in [5.41, 5.74) is 3.87. The summed E-state index contributed by atoms with van der Waals surface area (Å²) in [6.07, 6.45) is 5.82. The maximum atomic E-state index is 13.5. The number of anilines is 1. The quantitative estimate of drug-likeness (QED) is 0.457. The van der Waals surface area contributed by atoms with E-state index in [4.69, 9.17) is 0 Å². The topological polar surface area (TPSA) is 82.9 Å². The van der Waals surface area contributed by atoms with Gasteiger partial charge in [0.25, 0.3) is 5.56 Å². The second-order valence-corrected chi connectivity index (χ2v) is 10.2. The van der Waals surface area contributed by atoms with Crippen LogP contribution in [0, 0.1) is 6.92 Å². The van der Waals surface area contributed by atoms with Crippen molar-refractivity contribution in [3.05, 3.63) is 81.9 Å². The van der Waals surface area contributed by atoms with Crippen molar-refractivity contribution in [2.75, 3.05) is 31.1 Å². The molecule has 1 aliphatic carbocycles. The Balaban J connectivity index is 1.39. The number of pyridine rings is 1. The van der Waals surface area contributed by atoms with Gasteiger partial charge >= 0.3 is 0 Å². The lowest BCUT2D eigenvalue weighted by Gasteiger charge is -2.40. The minimum Gasteiger partial charge on any atom is -0.369 e. The number of hydrogen-bond donors (Lipinski definition) is 1. The molecular weight excluding hydrogens is 450 g/mol. The second-order valence-electron chi connectivity index (χ2n) is 10.2. The number of fused-ring (bicyclic) bond motifs is 1. The van der Waals surface area contributed by atoms with Gasteiger partial charge in [0.15, 0.2) is 5.82 Å². The molecule has 186 valence electrons. The van der Waals surface area contributed by atoms with Crippen LogP contribution < -0.4 is 10.5 Å². The molecular formula is C28H33N7O. The van der Waals surface area contributed by atoms with Crippen LogP contribution >= 0.6 is 0 Å². The number of nitrogens with zero attached hydrogens (tertiary/aromatic N) is 6. The summed E-state index contributed by atoms with van der Waals surface area (Å²) < 4.78 is 2.02. The zero-order valence-corrected chi connectivity index (χ0v) is 20.8. The van der Waals surface area contributed by atoms with E-state index in [-0.39, 0.29) is 11.6 Å². The number of H-pyrrole nitrogens is 1. The third-order valence-electron chi connectivity index (χ3n) is 7.81. The summed E-state index contributed by atoms with van der Waals surface area (Å²) in [6, 6.07) is 18.8. The molecule has 3 heterocycles. The highest BCUT2D eigenvalue weighted by molar-refractivity contribution is 5.79. The molecule has 4 aromatic rings. The zero-order chi connectivity index (χ0) is 24.5. The molecule has 2 aromatic heterocycles. The zero-order valence-electron chi connectivity index (χ0n) is 20.8. The van der Waals surface area contributed by atoms with Gasteiger partial charge in [0.05, 0.1) is 6.04 Å². The Morgan fingerprint density at radius 3 is 2.50 bits per heavy atom. The average molecular weight is 484 g/mol. The van der Waals surface area contributed by atoms with Crippen molar-refractivity contribution < 1.29 is 0 Å². The lowest BCUT2D eigenvalue weighted by atomic mass is 9.95. The van der Waals surface area contributed by atoms with E-state index in [2.05, 4.69) is 66.7 Å². The predicted octanol–water partition coefficient (Wildman–Crippen LogP) is 4.24. The molecule has 0 amide bonds. The average Bonchev–Trinajstić information content (AvgIpc) is 3.40. The molecule has 2 aliphatic rings. The van der Waals surface area contributed by atoms with Gasteiger partial charge in [0.1, 0.15) is 6.04 Å². The molecule has 6 rings (SSSR count). The first-order valence-corrected chi connectivity index (χ1v) is 13.1. The number of nitrogens with one attached hydrogen (secondary N) is 1. The van der Waals surface area contributed by atoms with Gasteiger partial charge < -0.3 is 9.88 Å². The van der Waals surface area contributed by atoms with Gasteiger partial charge in [-0.3, -0.25) is 9.69 Å². The summed E-state index contributed by atoms with van der Waals surface area (Å²) in [4.78, 5) is 21.5. The van der Waals surface area contributed by atoms with Crippen molar-refractivity contribution in [2.45, 2.75) is 51.1 Å². The Morgan fingerprint density at radius 2 is 1.72 bits per heavy atom. The third kappa shape index (κ3) is 4.41. The van der Waals surface area contributed by atoms with E-state index in [0.29, 0.717) is 11.6 Å². The summed E-state index contributed by atoms with van der Waals surface area (Å²) in [7, 11) is 0. The maximum Gasteiger partial charge on any atom is 0.253 e. The largest absolute Gasteiger partial charge is 0.369 e. The lowest BCUT2D eigenvalue weighted by molar-refractivity contribution is 0.192. The van der Waals surface area contributed by atoms with Gasteiger partial charge in [-0.25, -0.2) is 4.68 Å². The van der Waals surface area contributed by atoms with E-state index in [0.717, 1.165) is 61.3 Å². The van der Waals surface area contributed by atoms with Crippen molar-refractivity contribution in [2.24, 2.45) is 0 Å². The predicted molar refractivity (Wildman–Crippen MR) is 141 cm³/mol. The van der Waals surface area contributed by atoms with Crippen LogP contribution in [0.4, 0.5) is 5.69 Å². The highest BCUT2D eigenvalue weighted by Gasteiger charge is 2.34. The van der Waals surface area contributed by atoms with E-state index in [1.807, 2.05) is 29.8 Å². The van der Waals surface area contributed by atoms with Gasteiger partial charge in [0, 0.05) is 42.9 Å². The molecule has 36 heavy (non-hydrogen) atoms. The van der Waals surface area contributed by atoms with Crippen molar-refractivity contribution in [3.63, 3.8) is 0 Å². The summed E-state index contributed by atoms with van der Waals surface area (Å²) in [6.45, 7) is 5.45. The van der Waals surface area contributed by atoms with Gasteiger partial charge in [-0.15, -0.1) is 5.10 Å². The van der Waals surface area contributed by atoms with Gasteiger partial charge in [-0.1, -0.05) is 49.6 Å². The van der Waals surface area contributed by atoms with Crippen LogP contribution in [-0.2, 0) is 0 Å². The molecule has 1 saturated carbocycles. The Labute approximate surface area is 210 Å². The highest BCUT2D eigenvalue weighted by Crippen LogP contribution is 2.33. The number of tetrazole rings is 1. The van der Waals surface area contributed by atoms with Crippen molar-refractivity contribution in [3.8, 4) is 0 Å². The van der Waals surface area contributed by atoms with Crippen LogP contribution in [-0.4, -0.2) is 56.3 Å². The first-order valence-electron chi connectivity index (χ1n) is 13.1. The molecule has 1 aliphatic heterocycles. The van der Waals surface area contributed by atoms with Gasteiger partial charge in [0.2, 0.25) is 0 Å². The van der Waals surface area contributed by atoms with Crippen LogP contribution in [0.5, 0.6) is 0 Å². The molecule has 2 fully saturated rings. The fourth-order valence-electron chi connectivity index (χ4n) is 5.88. The molecule has 0 bridgehead atoms. The molecule has 0 radical (unpaired) electrons. The number of benzene rings is 2. The van der Waals surface area contributed by atoms with Gasteiger partial charge in [-0.2, -0.15) is 0 Å². The molecule has 2 aromatic carbocycles. The van der Waals surface area contributed by atoms with E-state index >= 15 is 0 Å². The highest BCUT2D eigenvalue weighted by atomic mass is 16.1.